The largest absolute Gasteiger partial charge is 0.396 e. The van der Waals surface area contributed by atoms with Crippen molar-refractivity contribution in [2.45, 2.75) is 11.0 Å². The van der Waals surface area contributed by atoms with Crippen molar-refractivity contribution < 1.29 is 18.3 Å². The monoisotopic (exact) mass is 303 g/mol. The predicted octanol–water partition coefficient (Wildman–Crippen LogP) is -0.0617. The highest BCUT2D eigenvalue weighted by Gasteiger charge is 2.21. The summed E-state index contributed by atoms with van der Waals surface area (Å²) in [7, 11) is 0.774. The molecule has 1 atom stereocenters. The third-order valence-electron chi connectivity index (χ3n) is 2.71. The van der Waals surface area contributed by atoms with Crippen LogP contribution in [0, 0.1) is 0 Å². The fraction of sp³-hybridized carbons (Fsp3) is 0.500. The van der Waals surface area contributed by atoms with Gasteiger partial charge < -0.3 is 20.9 Å². The third-order valence-corrected chi connectivity index (χ3v) is 4.59. The highest BCUT2D eigenvalue weighted by molar-refractivity contribution is 7.89. The maximum atomic E-state index is 12.1. The molecule has 0 spiro atoms. The van der Waals surface area contributed by atoms with Crippen molar-refractivity contribution in [3.8, 4) is 0 Å². The van der Waals surface area contributed by atoms with E-state index in [9.17, 15) is 13.5 Å². The Morgan fingerprint density at radius 3 is 2.65 bits per heavy atom. The van der Waals surface area contributed by atoms with Crippen LogP contribution < -0.4 is 11.1 Å². The molecule has 1 aromatic carbocycles. The van der Waals surface area contributed by atoms with Gasteiger partial charge >= 0.3 is 0 Å². The molecule has 0 heterocycles. The smallest absolute Gasteiger partial charge is 0.244 e. The molecule has 0 bridgehead atoms. The standard InChI is InChI=1S/C12H21N3O4S/c1-15(2)20(17,18)11-6-4-5-10(12(11)13)14-7-9(16)8-19-3/h4-6,9,14,16H,7-8,13H2,1-3H3. The number of nitrogens with one attached hydrogen (secondary N) is 1. The molecule has 0 aliphatic heterocycles. The van der Waals surface area contributed by atoms with Crippen molar-refractivity contribution in [1.29, 1.82) is 0 Å². The minimum atomic E-state index is -3.60. The number of sulfonamides is 1. The van der Waals surface area contributed by atoms with E-state index < -0.39 is 16.1 Å². The number of hydrogen-bond acceptors (Lipinski definition) is 6. The molecular formula is C12H21N3O4S. The van der Waals surface area contributed by atoms with E-state index in [1.54, 1.807) is 12.1 Å². The third kappa shape index (κ3) is 3.83. The van der Waals surface area contributed by atoms with Crippen molar-refractivity contribution in [2.24, 2.45) is 0 Å². The lowest BCUT2D eigenvalue weighted by atomic mass is 10.2. The Bertz CT molecular complexity index is 546. The summed E-state index contributed by atoms with van der Waals surface area (Å²) in [5, 5.41) is 12.5. The first-order valence-corrected chi connectivity index (χ1v) is 7.46. The molecule has 0 fully saturated rings. The molecule has 0 saturated heterocycles. The van der Waals surface area contributed by atoms with Crippen LogP contribution in [-0.2, 0) is 14.8 Å². The highest BCUT2D eigenvalue weighted by Crippen LogP contribution is 2.28. The molecule has 0 saturated carbocycles. The van der Waals surface area contributed by atoms with Gasteiger partial charge in [0.2, 0.25) is 10.0 Å². The summed E-state index contributed by atoms with van der Waals surface area (Å²) in [6, 6.07) is 4.70. The number of anilines is 2. The lowest BCUT2D eigenvalue weighted by molar-refractivity contribution is 0.0728. The van der Waals surface area contributed by atoms with Crippen molar-refractivity contribution in [1.82, 2.24) is 4.31 Å². The molecule has 0 amide bonds. The topological polar surface area (TPSA) is 105 Å². The zero-order valence-electron chi connectivity index (χ0n) is 11.8. The van der Waals surface area contributed by atoms with E-state index in [-0.39, 0.29) is 23.7 Å². The normalized spacial score (nSPS) is 13.4. The van der Waals surface area contributed by atoms with Crippen LogP contribution in [0.15, 0.2) is 23.1 Å². The lowest BCUT2D eigenvalue weighted by Gasteiger charge is -2.17. The number of para-hydroxylation sites is 1. The fourth-order valence-electron chi connectivity index (χ4n) is 1.60. The lowest BCUT2D eigenvalue weighted by Crippen LogP contribution is -2.26. The molecule has 0 aliphatic rings. The summed E-state index contributed by atoms with van der Waals surface area (Å²) in [4.78, 5) is 0.0359. The van der Waals surface area contributed by atoms with Crippen molar-refractivity contribution in [3.63, 3.8) is 0 Å². The summed E-state index contributed by atoms with van der Waals surface area (Å²) >= 11 is 0. The average Bonchev–Trinajstić information content (AvgIpc) is 2.37. The van der Waals surface area contributed by atoms with Crippen LogP contribution in [-0.4, -0.2) is 58.3 Å². The number of aliphatic hydroxyl groups is 1. The van der Waals surface area contributed by atoms with E-state index in [1.165, 1.54) is 27.3 Å². The summed E-state index contributed by atoms with van der Waals surface area (Å²) in [5.74, 6) is 0. The predicted molar refractivity (Wildman–Crippen MR) is 78.1 cm³/mol. The first kappa shape index (κ1) is 16.7. The van der Waals surface area contributed by atoms with E-state index >= 15 is 0 Å². The van der Waals surface area contributed by atoms with Gasteiger partial charge in [0.15, 0.2) is 0 Å². The zero-order valence-corrected chi connectivity index (χ0v) is 12.6. The zero-order chi connectivity index (χ0) is 15.3. The molecule has 8 heteroatoms. The number of rotatable bonds is 7. The van der Waals surface area contributed by atoms with E-state index in [1.807, 2.05) is 0 Å². The number of benzene rings is 1. The van der Waals surface area contributed by atoms with Gasteiger partial charge in [0.1, 0.15) is 4.90 Å². The Balaban J connectivity index is 2.97. The highest BCUT2D eigenvalue weighted by atomic mass is 32.2. The van der Waals surface area contributed by atoms with Gasteiger partial charge in [-0.25, -0.2) is 12.7 Å². The van der Waals surface area contributed by atoms with Crippen LogP contribution in [0.2, 0.25) is 0 Å². The van der Waals surface area contributed by atoms with E-state index in [2.05, 4.69) is 5.32 Å². The number of ether oxygens (including phenoxy) is 1. The second-order valence-electron chi connectivity index (χ2n) is 4.49. The molecule has 0 aromatic heterocycles. The number of nitrogens with two attached hydrogens (primary N) is 1. The minimum Gasteiger partial charge on any atom is -0.396 e. The van der Waals surface area contributed by atoms with E-state index in [0.29, 0.717) is 5.69 Å². The Morgan fingerprint density at radius 2 is 2.10 bits per heavy atom. The maximum absolute atomic E-state index is 12.1. The molecule has 1 unspecified atom stereocenters. The molecule has 0 radical (unpaired) electrons. The molecular weight excluding hydrogens is 282 g/mol. The number of methoxy groups -OCH3 is 1. The van der Waals surface area contributed by atoms with Gasteiger partial charge in [0, 0.05) is 27.7 Å². The minimum absolute atomic E-state index is 0.0359. The Labute approximate surface area is 119 Å². The SMILES string of the molecule is COCC(O)CNc1cccc(S(=O)(=O)N(C)C)c1N. The van der Waals surface area contributed by atoms with Gasteiger partial charge in [-0.2, -0.15) is 0 Å². The van der Waals surface area contributed by atoms with Crippen molar-refractivity contribution >= 4 is 21.4 Å². The molecule has 0 aliphatic carbocycles. The molecule has 4 N–H and O–H groups in total. The second-order valence-corrected chi connectivity index (χ2v) is 6.62. The molecule has 1 aromatic rings. The van der Waals surface area contributed by atoms with Gasteiger partial charge in [0.25, 0.3) is 0 Å². The average molecular weight is 303 g/mol. The molecule has 114 valence electrons. The molecule has 1 rings (SSSR count). The van der Waals surface area contributed by atoms with Crippen LogP contribution in [0.5, 0.6) is 0 Å². The Hall–Kier alpha value is -1.35. The second kappa shape index (κ2) is 6.89. The summed E-state index contributed by atoms with van der Waals surface area (Å²) in [6.45, 7) is 0.395. The Morgan fingerprint density at radius 1 is 1.45 bits per heavy atom. The number of nitrogen functional groups attached to an aromatic ring is 1. The van der Waals surface area contributed by atoms with Gasteiger partial charge in [-0.1, -0.05) is 6.07 Å². The van der Waals surface area contributed by atoms with Crippen molar-refractivity contribution in [2.75, 3.05) is 45.4 Å². The maximum Gasteiger partial charge on any atom is 0.244 e. The quantitative estimate of drug-likeness (QED) is 0.609. The van der Waals surface area contributed by atoms with Crippen LogP contribution in [0.3, 0.4) is 0 Å². The van der Waals surface area contributed by atoms with E-state index in [0.717, 1.165) is 4.31 Å². The van der Waals surface area contributed by atoms with Crippen LogP contribution in [0.4, 0.5) is 11.4 Å². The van der Waals surface area contributed by atoms with Crippen LogP contribution in [0.1, 0.15) is 0 Å². The summed E-state index contributed by atoms with van der Waals surface area (Å²) in [6.07, 6.45) is -0.700. The number of aliphatic hydroxyl groups excluding tert-OH is 1. The van der Waals surface area contributed by atoms with Crippen LogP contribution in [0.25, 0.3) is 0 Å². The van der Waals surface area contributed by atoms with E-state index in [4.69, 9.17) is 10.5 Å². The number of nitrogens with zero attached hydrogens (tertiary/aromatic N) is 1. The Kier molecular flexibility index (Phi) is 5.75. The van der Waals surface area contributed by atoms with Gasteiger partial charge in [0.05, 0.1) is 24.1 Å². The van der Waals surface area contributed by atoms with Gasteiger partial charge in [-0.15, -0.1) is 0 Å². The summed E-state index contributed by atoms with van der Waals surface area (Å²) in [5.41, 5.74) is 6.48. The molecule has 7 nitrogen and oxygen atoms in total. The van der Waals surface area contributed by atoms with Crippen LogP contribution >= 0.6 is 0 Å². The number of hydrogen-bond donors (Lipinski definition) is 3. The van der Waals surface area contributed by atoms with Gasteiger partial charge in [-0.05, 0) is 12.1 Å². The fourth-order valence-corrected chi connectivity index (χ4v) is 2.63. The first-order valence-electron chi connectivity index (χ1n) is 6.02. The van der Waals surface area contributed by atoms with Crippen molar-refractivity contribution in [3.05, 3.63) is 18.2 Å². The summed E-state index contributed by atoms with van der Waals surface area (Å²) < 4.78 is 30.1. The molecule has 20 heavy (non-hydrogen) atoms. The van der Waals surface area contributed by atoms with Gasteiger partial charge in [-0.3, -0.25) is 0 Å². The first-order chi connectivity index (χ1) is 9.30.